The molecule has 1 aromatic heterocycles. The zero-order valence-corrected chi connectivity index (χ0v) is 22.2. The Morgan fingerprint density at radius 1 is 1.00 bits per heavy atom. The Kier molecular flexibility index (Phi) is 8.33. The molecule has 3 aromatic carbocycles. The predicted molar refractivity (Wildman–Crippen MR) is 145 cm³/mol. The van der Waals surface area contributed by atoms with Crippen LogP contribution in [0.2, 0.25) is 10.0 Å². The molecule has 7 nitrogen and oxygen atoms in total. The van der Waals surface area contributed by atoms with Crippen molar-refractivity contribution < 1.29 is 24.2 Å². The van der Waals surface area contributed by atoms with Gasteiger partial charge < -0.3 is 19.9 Å². The number of hydrogen-bond donors (Lipinski definition) is 2. The number of carbonyl (C=O) groups is 2. The van der Waals surface area contributed by atoms with Crippen molar-refractivity contribution in [2.75, 3.05) is 14.2 Å². The maximum atomic E-state index is 13.0. The van der Waals surface area contributed by atoms with Crippen molar-refractivity contribution in [3.63, 3.8) is 0 Å². The monoisotopic (exact) mass is 556 g/mol. The van der Waals surface area contributed by atoms with E-state index in [1.165, 1.54) is 11.3 Å². The summed E-state index contributed by atoms with van der Waals surface area (Å²) in [5.41, 5.74) is 3.01. The van der Waals surface area contributed by atoms with E-state index in [1.54, 1.807) is 44.7 Å². The number of methoxy groups -OCH3 is 2. The summed E-state index contributed by atoms with van der Waals surface area (Å²) in [4.78, 5) is 29.2. The van der Waals surface area contributed by atoms with E-state index < -0.39 is 17.9 Å². The third-order valence-corrected chi connectivity index (χ3v) is 7.08. The Hall–Kier alpha value is -3.59. The molecule has 0 radical (unpaired) electrons. The zero-order chi connectivity index (χ0) is 26.5. The number of carboxylic acid groups (broad SMARTS) is 1. The first-order chi connectivity index (χ1) is 17.8. The van der Waals surface area contributed by atoms with Gasteiger partial charge in [-0.3, -0.25) is 4.79 Å². The zero-order valence-electron chi connectivity index (χ0n) is 19.8. The second-order valence-electron chi connectivity index (χ2n) is 7.96. The van der Waals surface area contributed by atoms with Gasteiger partial charge in [-0.25, -0.2) is 9.78 Å². The molecule has 4 rings (SSSR count). The van der Waals surface area contributed by atoms with Crippen LogP contribution in [0, 0.1) is 0 Å². The third-order valence-electron chi connectivity index (χ3n) is 5.66. The van der Waals surface area contributed by atoms with E-state index in [0.717, 1.165) is 11.1 Å². The normalized spacial score (nSPS) is 11.6. The molecule has 1 heterocycles. The number of nitrogens with zero attached hydrogens (tertiary/aromatic N) is 1. The molecule has 0 saturated heterocycles. The SMILES string of the molecule is COc1cccc(OC)c1-c1ccc(C[C@H](NC(=O)c2c(Cl)cc(-c3nccs3)cc2Cl)C(=O)O)cc1. The Morgan fingerprint density at radius 3 is 2.14 bits per heavy atom. The van der Waals surface area contributed by atoms with E-state index in [1.807, 2.05) is 35.7 Å². The van der Waals surface area contributed by atoms with Crippen LogP contribution in [0.25, 0.3) is 21.7 Å². The Labute approximate surface area is 227 Å². The van der Waals surface area contributed by atoms with Gasteiger partial charge in [-0.05, 0) is 35.4 Å². The fraction of sp³-hybridized carbons (Fsp3) is 0.148. The number of carboxylic acids is 1. The van der Waals surface area contributed by atoms with Crippen LogP contribution in [-0.2, 0) is 11.2 Å². The van der Waals surface area contributed by atoms with Crippen LogP contribution < -0.4 is 14.8 Å². The molecule has 1 atom stereocenters. The molecule has 10 heteroatoms. The average molecular weight is 557 g/mol. The molecule has 0 fully saturated rings. The van der Waals surface area contributed by atoms with Gasteiger partial charge in [0.2, 0.25) is 0 Å². The number of aliphatic carboxylic acids is 1. The molecule has 0 unspecified atom stereocenters. The van der Waals surface area contributed by atoms with Crippen LogP contribution in [-0.4, -0.2) is 42.2 Å². The average Bonchev–Trinajstić information content (AvgIpc) is 3.43. The van der Waals surface area contributed by atoms with E-state index in [-0.39, 0.29) is 22.0 Å². The first kappa shape index (κ1) is 26.5. The molecule has 0 aliphatic carbocycles. The van der Waals surface area contributed by atoms with Crippen LogP contribution in [0.4, 0.5) is 0 Å². The number of rotatable bonds is 9. The number of ether oxygens (including phenoxy) is 2. The molecule has 190 valence electrons. The number of nitrogens with one attached hydrogen (secondary N) is 1. The van der Waals surface area contributed by atoms with Crippen molar-refractivity contribution in [1.82, 2.24) is 10.3 Å². The van der Waals surface area contributed by atoms with Gasteiger partial charge in [-0.1, -0.05) is 53.5 Å². The van der Waals surface area contributed by atoms with Gasteiger partial charge in [0.25, 0.3) is 5.91 Å². The van der Waals surface area contributed by atoms with E-state index in [0.29, 0.717) is 27.6 Å². The largest absolute Gasteiger partial charge is 0.496 e. The lowest BCUT2D eigenvalue weighted by molar-refractivity contribution is -0.139. The maximum absolute atomic E-state index is 13.0. The van der Waals surface area contributed by atoms with Crippen molar-refractivity contribution in [1.29, 1.82) is 0 Å². The van der Waals surface area contributed by atoms with Crippen LogP contribution in [0.15, 0.2) is 66.2 Å². The molecule has 0 aliphatic heterocycles. The highest BCUT2D eigenvalue weighted by Crippen LogP contribution is 2.38. The van der Waals surface area contributed by atoms with Crippen molar-refractivity contribution in [2.24, 2.45) is 0 Å². The first-order valence-corrected chi connectivity index (χ1v) is 12.7. The highest BCUT2D eigenvalue weighted by atomic mass is 35.5. The van der Waals surface area contributed by atoms with Gasteiger partial charge in [0.15, 0.2) is 0 Å². The Bertz CT molecular complexity index is 1380. The van der Waals surface area contributed by atoms with E-state index >= 15 is 0 Å². The minimum atomic E-state index is -1.20. The quantitative estimate of drug-likeness (QED) is 0.253. The molecular weight excluding hydrogens is 535 g/mol. The fourth-order valence-corrected chi connectivity index (χ4v) is 5.17. The van der Waals surface area contributed by atoms with Gasteiger partial charge >= 0.3 is 5.97 Å². The highest BCUT2D eigenvalue weighted by molar-refractivity contribution is 7.13. The van der Waals surface area contributed by atoms with Gasteiger partial charge in [0, 0.05) is 23.6 Å². The topological polar surface area (TPSA) is 97.8 Å². The van der Waals surface area contributed by atoms with Crippen LogP contribution in [0.3, 0.4) is 0 Å². The van der Waals surface area contributed by atoms with Gasteiger partial charge in [0.05, 0.1) is 35.4 Å². The lowest BCUT2D eigenvalue weighted by Crippen LogP contribution is -2.42. The summed E-state index contributed by atoms with van der Waals surface area (Å²) in [6, 6.07) is 14.8. The van der Waals surface area contributed by atoms with Crippen LogP contribution in [0.5, 0.6) is 11.5 Å². The van der Waals surface area contributed by atoms with Crippen LogP contribution >= 0.6 is 34.5 Å². The number of halogens is 2. The number of thiazole rings is 1. The van der Waals surface area contributed by atoms with Crippen molar-refractivity contribution >= 4 is 46.4 Å². The summed E-state index contributed by atoms with van der Waals surface area (Å²) < 4.78 is 10.9. The number of aromatic nitrogens is 1. The van der Waals surface area contributed by atoms with E-state index in [4.69, 9.17) is 32.7 Å². The summed E-state index contributed by atoms with van der Waals surface area (Å²) in [5, 5.41) is 15.1. The number of carbonyl (C=O) groups excluding carboxylic acids is 1. The molecule has 4 aromatic rings. The lowest BCUT2D eigenvalue weighted by Gasteiger charge is -2.17. The minimum absolute atomic E-state index is 0.00788. The summed E-state index contributed by atoms with van der Waals surface area (Å²) in [6.45, 7) is 0. The van der Waals surface area contributed by atoms with Crippen LogP contribution in [0.1, 0.15) is 15.9 Å². The molecule has 0 bridgehead atoms. The lowest BCUT2D eigenvalue weighted by atomic mass is 9.99. The molecule has 1 amide bonds. The van der Waals surface area contributed by atoms with Crippen molar-refractivity contribution in [3.8, 4) is 33.2 Å². The summed E-state index contributed by atoms with van der Waals surface area (Å²) >= 11 is 14.1. The number of hydrogen-bond acceptors (Lipinski definition) is 6. The van der Waals surface area contributed by atoms with Crippen molar-refractivity contribution in [2.45, 2.75) is 12.5 Å². The summed E-state index contributed by atoms with van der Waals surface area (Å²) in [6.07, 6.45) is 1.70. The standard InChI is InChI=1S/C27H22Cl2N2O5S/c1-35-21-4-3-5-22(36-2)23(21)16-8-6-15(7-9-16)12-20(27(33)34)31-25(32)24-18(28)13-17(14-19(24)29)26-30-10-11-37-26/h3-11,13-14,20H,12H2,1-2H3,(H,31,32)(H,33,34)/t20-/m0/s1. The third kappa shape index (κ3) is 5.88. The van der Waals surface area contributed by atoms with E-state index in [9.17, 15) is 14.7 Å². The minimum Gasteiger partial charge on any atom is -0.496 e. The number of benzene rings is 3. The molecule has 37 heavy (non-hydrogen) atoms. The maximum Gasteiger partial charge on any atom is 0.326 e. The smallest absolute Gasteiger partial charge is 0.326 e. The van der Waals surface area contributed by atoms with E-state index in [2.05, 4.69) is 10.3 Å². The molecular formula is C27H22Cl2N2O5S. The first-order valence-electron chi connectivity index (χ1n) is 11.0. The molecule has 0 spiro atoms. The number of amides is 1. The highest BCUT2D eigenvalue weighted by Gasteiger charge is 2.25. The summed E-state index contributed by atoms with van der Waals surface area (Å²) in [5.74, 6) is -0.561. The fourth-order valence-electron chi connectivity index (χ4n) is 3.89. The Balaban J connectivity index is 1.53. The Morgan fingerprint density at radius 2 is 1.62 bits per heavy atom. The predicted octanol–water partition coefficient (Wildman–Crippen LogP) is 6.23. The van der Waals surface area contributed by atoms with Gasteiger partial charge in [0.1, 0.15) is 22.5 Å². The van der Waals surface area contributed by atoms with Gasteiger partial charge in [-0.2, -0.15) is 0 Å². The second kappa shape index (κ2) is 11.6. The molecule has 0 saturated carbocycles. The second-order valence-corrected chi connectivity index (χ2v) is 9.66. The van der Waals surface area contributed by atoms with Gasteiger partial charge in [-0.15, -0.1) is 11.3 Å². The van der Waals surface area contributed by atoms with Crippen molar-refractivity contribution in [3.05, 3.63) is 87.3 Å². The molecule has 0 aliphatic rings. The molecule has 2 N–H and O–H groups in total. The summed E-state index contributed by atoms with van der Waals surface area (Å²) in [7, 11) is 3.16.